The molecule has 19 heavy (non-hydrogen) atoms. The van der Waals surface area contributed by atoms with Gasteiger partial charge in [-0.1, -0.05) is 0 Å². The number of carbonyl (C=O) groups excluding carboxylic acids is 1. The van der Waals surface area contributed by atoms with E-state index in [0.717, 1.165) is 19.4 Å². The molecule has 0 aliphatic carbocycles. The van der Waals surface area contributed by atoms with Crippen molar-refractivity contribution < 1.29 is 18.5 Å². The van der Waals surface area contributed by atoms with Crippen LogP contribution in [0.2, 0.25) is 0 Å². The quantitative estimate of drug-likeness (QED) is 0.696. The highest BCUT2D eigenvalue weighted by Gasteiger charge is 2.24. The third kappa shape index (κ3) is 5.58. The van der Waals surface area contributed by atoms with Gasteiger partial charge in [-0.25, -0.2) is 0 Å². The average Bonchev–Trinajstić information content (AvgIpc) is 2.86. The van der Waals surface area contributed by atoms with Crippen LogP contribution in [0.15, 0.2) is 0 Å². The van der Waals surface area contributed by atoms with E-state index in [0.29, 0.717) is 12.4 Å². The Labute approximate surface area is 118 Å². The van der Waals surface area contributed by atoms with E-state index in [-0.39, 0.29) is 18.1 Å². The fourth-order valence-corrected chi connectivity index (χ4v) is 2.96. The third-order valence-corrected chi connectivity index (χ3v) is 4.34. The van der Waals surface area contributed by atoms with Crippen LogP contribution in [0.5, 0.6) is 0 Å². The summed E-state index contributed by atoms with van der Waals surface area (Å²) >= 11 is 0. The zero-order chi connectivity index (χ0) is 14.4. The first-order chi connectivity index (χ1) is 8.91. The molecule has 1 aliphatic rings. The summed E-state index contributed by atoms with van der Waals surface area (Å²) in [6.45, 7) is 4.90. The maximum Gasteiger partial charge on any atom is 0.251 e. The lowest BCUT2D eigenvalue weighted by molar-refractivity contribution is -0.144. The molecule has 5 nitrogen and oxygen atoms in total. The zero-order valence-corrected chi connectivity index (χ0v) is 13.1. The molecule has 1 saturated heterocycles. The second-order valence-corrected chi connectivity index (χ2v) is 6.63. The summed E-state index contributed by atoms with van der Waals surface area (Å²) in [6.07, 6.45) is 3.35. The molecule has 0 unspecified atom stereocenters. The van der Waals surface area contributed by atoms with Gasteiger partial charge in [-0.3, -0.25) is 9.00 Å². The first kappa shape index (κ1) is 16.6. The molecule has 0 aromatic carbocycles. The van der Waals surface area contributed by atoms with Crippen LogP contribution >= 0.6 is 0 Å². The topological polar surface area (TPSA) is 55.8 Å². The first-order valence-electron chi connectivity index (χ1n) is 6.71. The fourth-order valence-electron chi connectivity index (χ4n) is 2.05. The minimum absolute atomic E-state index is 0.0490. The third-order valence-electron chi connectivity index (χ3n) is 3.39. The molecule has 0 radical (unpaired) electrons. The molecule has 0 aromatic rings. The van der Waals surface area contributed by atoms with Crippen molar-refractivity contribution in [1.29, 1.82) is 0 Å². The summed E-state index contributed by atoms with van der Waals surface area (Å²) in [7, 11) is 0.822. The smallest absolute Gasteiger partial charge is 0.251 e. The van der Waals surface area contributed by atoms with Crippen LogP contribution in [-0.4, -0.2) is 65.5 Å². The van der Waals surface area contributed by atoms with Crippen LogP contribution in [0.25, 0.3) is 0 Å². The van der Waals surface area contributed by atoms with Crippen LogP contribution in [-0.2, 0) is 25.1 Å². The second-order valence-electron chi connectivity index (χ2n) is 5.15. The molecule has 0 bridgehead atoms. The Balaban J connectivity index is 2.35. The van der Waals surface area contributed by atoms with Gasteiger partial charge in [0.1, 0.15) is 6.10 Å². The van der Waals surface area contributed by atoms with Gasteiger partial charge in [0, 0.05) is 42.5 Å². The van der Waals surface area contributed by atoms with Crippen molar-refractivity contribution in [2.45, 2.75) is 44.9 Å². The lowest BCUT2D eigenvalue weighted by Crippen LogP contribution is -2.44. The maximum atomic E-state index is 12.1. The molecule has 1 aliphatic heterocycles. The summed E-state index contributed by atoms with van der Waals surface area (Å²) in [5.41, 5.74) is 0. The van der Waals surface area contributed by atoms with Crippen molar-refractivity contribution in [1.82, 2.24) is 4.90 Å². The Hall–Kier alpha value is -0.460. The van der Waals surface area contributed by atoms with Crippen molar-refractivity contribution >= 4 is 16.7 Å². The van der Waals surface area contributed by atoms with Gasteiger partial charge >= 0.3 is 0 Å². The predicted octanol–water partition coefficient (Wildman–Crippen LogP) is 0.796. The summed E-state index contributed by atoms with van der Waals surface area (Å²) in [6, 6.07) is -0.0490. The SMILES string of the molecule is C[C@H](OC[C@@H]1CCCO1)C(=O)N(C)[C@@H](C)C[S@](C)=O. The number of hydrogen-bond acceptors (Lipinski definition) is 4. The monoisotopic (exact) mass is 291 g/mol. The molecular weight excluding hydrogens is 266 g/mol. The Kier molecular flexibility index (Phi) is 6.96. The van der Waals surface area contributed by atoms with Crippen LogP contribution < -0.4 is 0 Å². The number of likely N-dealkylation sites (N-methyl/N-ethyl adjacent to an activating group) is 1. The van der Waals surface area contributed by atoms with E-state index in [1.165, 1.54) is 0 Å². The van der Waals surface area contributed by atoms with E-state index >= 15 is 0 Å². The molecule has 1 heterocycles. The number of carbonyl (C=O) groups is 1. The molecule has 0 aromatic heterocycles. The molecule has 6 heteroatoms. The van der Waals surface area contributed by atoms with Gasteiger partial charge in [-0.15, -0.1) is 0 Å². The van der Waals surface area contributed by atoms with Gasteiger partial charge in [0.05, 0.1) is 12.7 Å². The van der Waals surface area contributed by atoms with Gasteiger partial charge in [-0.05, 0) is 26.7 Å². The van der Waals surface area contributed by atoms with Crippen molar-refractivity contribution in [2.24, 2.45) is 0 Å². The van der Waals surface area contributed by atoms with Crippen LogP contribution in [0.3, 0.4) is 0 Å². The van der Waals surface area contributed by atoms with E-state index in [9.17, 15) is 9.00 Å². The number of amides is 1. The maximum absolute atomic E-state index is 12.1. The molecular formula is C13H25NO4S. The minimum atomic E-state index is -0.906. The van der Waals surface area contributed by atoms with E-state index < -0.39 is 16.9 Å². The van der Waals surface area contributed by atoms with Crippen molar-refractivity contribution in [2.75, 3.05) is 32.3 Å². The lowest BCUT2D eigenvalue weighted by Gasteiger charge is -2.27. The van der Waals surface area contributed by atoms with Gasteiger partial charge in [-0.2, -0.15) is 0 Å². The molecule has 0 spiro atoms. The minimum Gasteiger partial charge on any atom is -0.376 e. The average molecular weight is 291 g/mol. The standard InChI is InChI=1S/C13H25NO4S/c1-10(9-19(4)16)14(3)13(15)11(2)18-8-12-6-5-7-17-12/h10-12H,5-9H2,1-4H3/t10-,11-,12-,19-/m0/s1. The van der Waals surface area contributed by atoms with Gasteiger partial charge in [0.2, 0.25) is 0 Å². The number of nitrogens with zero attached hydrogens (tertiary/aromatic N) is 1. The zero-order valence-electron chi connectivity index (χ0n) is 12.3. The van der Waals surface area contributed by atoms with Crippen molar-refractivity contribution in [3.63, 3.8) is 0 Å². The van der Waals surface area contributed by atoms with Gasteiger partial charge in [0.25, 0.3) is 5.91 Å². The summed E-state index contributed by atoms with van der Waals surface area (Å²) in [5.74, 6) is 0.414. The van der Waals surface area contributed by atoms with Gasteiger partial charge < -0.3 is 14.4 Å². The van der Waals surface area contributed by atoms with Crippen molar-refractivity contribution in [3.8, 4) is 0 Å². The summed E-state index contributed by atoms with van der Waals surface area (Å²) in [5, 5.41) is 0. The molecule has 1 rings (SSSR count). The summed E-state index contributed by atoms with van der Waals surface area (Å²) in [4.78, 5) is 13.7. The fraction of sp³-hybridized carbons (Fsp3) is 0.923. The molecule has 4 atom stereocenters. The Bertz CT molecular complexity index is 318. The largest absolute Gasteiger partial charge is 0.376 e. The highest BCUT2D eigenvalue weighted by molar-refractivity contribution is 7.84. The Morgan fingerprint density at radius 1 is 1.53 bits per heavy atom. The Morgan fingerprint density at radius 3 is 2.74 bits per heavy atom. The molecule has 0 N–H and O–H groups in total. The van der Waals surface area contributed by atoms with Crippen molar-refractivity contribution in [3.05, 3.63) is 0 Å². The van der Waals surface area contributed by atoms with E-state index in [2.05, 4.69) is 0 Å². The van der Waals surface area contributed by atoms with Crippen LogP contribution in [0, 0.1) is 0 Å². The molecule has 0 saturated carbocycles. The lowest BCUT2D eigenvalue weighted by atomic mass is 10.2. The number of hydrogen-bond donors (Lipinski definition) is 0. The molecule has 112 valence electrons. The summed E-state index contributed by atoms with van der Waals surface area (Å²) < 4.78 is 22.2. The number of ether oxygens (including phenoxy) is 2. The predicted molar refractivity (Wildman–Crippen MR) is 75.6 cm³/mol. The highest BCUT2D eigenvalue weighted by atomic mass is 32.2. The first-order valence-corrected chi connectivity index (χ1v) is 8.44. The van der Waals surface area contributed by atoms with Crippen LogP contribution in [0.4, 0.5) is 0 Å². The van der Waals surface area contributed by atoms with E-state index in [1.807, 2.05) is 6.92 Å². The van der Waals surface area contributed by atoms with Gasteiger partial charge in [0.15, 0.2) is 0 Å². The number of rotatable bonds is 7. The van der Waals surface area contributed by atoms with E-state index in [1.54, 1.807) is 25.1 Å². The second kappa shape index (κ2) is 7.97. The molecule has 1 fully saturated rings. The normalized spacial score (nSPS) is 23.9. The van der Waals surface area contributed by atoms with E-state index in [4.69, 9.17) is 9.47 Å². The highest BCUT2D eigenvalue weighted by Crippen LogP contribution is 2.13. The molecule has 1 amide bonds. The van der Waals surface area contributed by atoms with Crippen LogP contribution in [0.1, 0.15) is 26.7 Å². The Morgan fingerprint density at radius 2 is 2.21 bits per heavy atom.